The fourth-order valence-corrected chi connectivity index (χ4v) is 4.02. The zero-order valence-electron chi connectivity index (χ0n) is 14.0. The molecule has 0 radical (unpaired) electrons. The highest BCUT2D eigenvalue weighted by Gasteiger charge is 2.23. The van der Waals surface area contributed by atoms with Crippen LogP contribution in [0.2, 0.25) is 5.02 Å². The first kappa shape index (κ1) is 16.8. The van der Waals surface area contributed by atoms with E-state index >= 15 is 0 Å². The summed E-state index contributed by atoms with van der Waals surface area (Å²) in [6.07, 6.45) is 0. The highest BCUT2D eigenvalue weighted by atomic mass is 35.5. The normalized spacial score (nSPS) is 12.8. The van der Waals surface area contributed by atoms with E-state index in [9.17, 15) is 4.79 Å². The Morgan fingerprint density at radius 1 is 1.19 bits per heavy atom. The molecule has 26 heavy (non-hydrogen) atoms. The second-order valence-electron chi connectivity index (χ2n) is 5.90. The average molecular weight is 383 g/mol. The summed E-state index contributed by atoms with van der Waals surface area (Å²) in [5, 5.41) is 4.85. The van der Waals surface area contributed by atoms with E-state index < -0.39 is 0 Å². The number of thiophene rings is 1. The first-order chi connectivity index (χ1) is 12.6. The molecule has 0 saturated heterocycles. The number of halogens is 1. The van der Waals surface area contributed by atoms with Crippen molar-refractivity contribution in [1.82, 2.24) is 5.43 Å². The first-order valence-corrected chi connectivity index (χ1v) is 9.27. The van der Waals surface area contributed by atoms with Crippen LogP contribution in [0.4, 0.5) is 0 Å². The topological polar surface area (TPSA) is 50.7 Å². The second kappa shape index (κ2) is 6.94. The van der Waals surface area contributed by atoms with Crippen LogP contribution in [0, 0.1) is 0 Å². The quantitative estimate of drug-likeness (QED) is 0.505. The number of hydrazone groups is 1. The molecule has 1 amide bonds. The number of rotatable bonds is 3. The van der Waals surface area contributed by atoms with Crippen molar-refractivity contribution >= 4 is 34.6 Å². The number of hydrogen-bond acceptors (Lipinski definition) is 4. The summed E-state index contributed by atoms with van der Waals surface area (Å²) in [4.78, 5) is 14.1. The van der Waals surface area contributed by atoms with Crippen LogP contribution in [0.5, 0.6) is 5.75 Å². The molecule has 0 fully saturated rings. The Balaban J connectivity index is 1.58. The van der Waals surface area contributed by atoms with Gasteiger partial charge in [-0.15, -0.1) is 11.3 Å². The van der Waals surface area contributed by atoms with Gasteiger partial charge in [0.25, 0.3) is 5.91 Å². The molecule has 4 nitrogen and oxygen atoms in total. The lowest BCUT2D eigenvalue weighted by atomic mass is 10.1. The lowest BCUT2D eigenvalue weighted by Crippen LogP contribution is -2.18. The number of amides is 1. The molecule has 1 aromatic heterocycles. The van der Waals surface area contributed by atoms with Crippen LogP contribution in [-0.4, -0.2) is 11.6 Å². The maximum Gasteiger partial charge on any atom is 0.281 e. The van der Waals surface area contributed by atoms with Gasteiger partial charge in [0.2, 0.25) is 0 Å². The third-order valence-electron chi connectivity index (χ3n) is 4.12. The largest absolute Gasteiger partial charge is 0.488 e. The number of hydrogen-bond donors (Lipinski definition) is 1. The Bertz CT molecular complexity index is 1010. The molecular formula is C20H15ClN2O2S. The molecule has 1 aliphatic rings. The monoisotopic (exact) mass is 382 g/mol. The van der Waals surface area contributed by atoms with Gasteiger partial charge in [-0.1, -0.05) is 41.9 Å². The van der Waals surface area contributed by atoms with Crippen LogP contribution in [0.3, 0.4) is 0 Å². The fourth-order valence-electron chi connectivity index (χ4n) is 2.77. The molecule has 3 aromatic rings. The number of fused-ring (bicyclic) bond motifs is 3. The Hall–Kier alpha value is -2.63. The third kappa shape index (κ3) is 3.23. The molecule has 6 heteroatoms. The standard InChI is InChI=1S/C20H15ClN2O2S/c1-12(13-5-3-2-4-6-13)22-23-20(24)18-9-14-11-25-17-8-7-15(21)10-16(17)19(14)26-18/h2-10H,11H2,1H3,(H,23,24)/b22-12+. The zero-order valence-corrected chi connectivity index (χ0v) is 15.5. The summed E-state index contributed by atoms with van der Waals surface area (Å²) < 4.78 is 5.74. The molecule has 0 aliphatic carbocycles. The molecule has 0 bridgehead atoms. The van der Waals surface area contributed by atoms with Crippen molar-refractivity contribution in [3.05, 3.63) is 75.6 Å². The average Bonchev–Trinajstić information content (AvgIpc) is 3.11. The van der Waals surface area contributed by atoms with Gasteiger partial charge >= 0.3 is 0 Å². The van der Waals surface area contributed by atoms with Gasteiger partial charge in [-0.05, 0) is 36.8 Å². The number of ether oxygens (including phenoxy) is 1. The molecule has 0 atom stereocenters. The first-order valence-electron chi connectivity index (χ1n) is 8.07. The van der Waals surface area contributed by atoms with Crippen molar-refractivity contribution in [2.24, 2.45) is 5.10 Å². The maximum absolute atomic E-state index is 12.5. The Morgan fingerprint density at radius 3 is 2.81 bits per heavy atom. The minimum Gasteiger partial charge on any atom is -0.488 e. The maximum atomic E-state index is 12.5. The summed E-state index contributed by atoms with van der Waals surface area (Å²) >= 11 is 7.53. The molecule has 130 valence electrons. The molecule has 0 spiro atoms. The lowest BCUT2D eigenvalue weighted by Gasteiger charge is -2.17. The van der Waals surface area contributed by atoms with Gasteiger partial charge in [0.15, 0.2) is 0 Å². The SMILES string of the molecule is C/C(=N\NC(=O)c1cc2c(s1)-c1cc(Cl)ccc1OC2)c1ccccc1. The highest BCUT2D eigenvalue weighted by molar-refractivity contribution is 7.17. The van der Waals surface area contributed by atoms with Gasteiger partial charge in [-0.3, -0.25) is 4.79 Å². The van der Waals surface area contributed by atoms with Crippen LogP contribution in [0.25, 0.3) is 10.4 Å². The summed E-state index contributed by atoms with van der Waals surface area (Å²) in [5.41, 5.74) is 6.26. The minimum atomic E-state index is -0.233. The smallest absolute Gasteiger partial charge is 0.281 e. The minimum absolute atomic E-state index is 0.233. The fraction of sp³-hybridized carbons (Fsp3) is 0.100. The van der Waals surface area contributed by atoms with E-state index in [-0.39, 0.29) is 5.91 Å². The van der Waals surface area contributed by atoms with Gasteiger partial charge < -0.3 is 4.74 Å². The van der Waals surface area contributed by atoms with E-state index in [0.29, 0.717) is 16.5 Å². The van der Waals surface area contributed by atoms with E-state index in [0.717, 1.165) is 33.0 Å². The predicted molar refractivity (Wildman–Crippen MR) is 105 cm³/mol. The van der Waals surface area contributed by atoms with E-state index in [2.05, 4.69) is 10.5 Å². The third-order valence-corrected chi connectivity index (χ3v) is 5.56. The van der Waals surface area contributed by atoms with Crippen LogP contribution in [0.15, 0.2) is 59.7 Å². The molecule has 1 aliphatic heterocycles. The summed E-state index contributed by atoms with van der Waals surface area (Å²) in [7, 11) is 0. The molecule has 2 heterocycles. The number of nitrogens with zero attached hydrogens (tertiary/aromatic N) is 1. The number of carbonyl (C=O) groups is 1. The van der Waals surface area contributed by atoms with Crippen LogP contribution < -0.4 is 10.2 Å². The van der Waals surface area contributed by atoms with Crippen molar-refractivity contribution in [2.75, 3.05) is 0 Å². The number of carbonyl (C=O) groups excluding carboxylic acids is 1. The van der Waals surface area contributed by atoms with Gasteiger partial charge in [0, 0.05) is 21.0 Å². The molecular weight excluding hydrogens is 368 g/mol. The van der Waals surface area contributed by atoms with E-state index in [1.54, 1.807) is 6.07 Å². The second-order valence-corrected chi connectivity index (χ2v) is 7.39. The van der Waals surface area contributed by atoms with Crippen molar-refractivity contribution in [2.45, 2.75) is 13.5 Å². The molecule has 2 aromatic carbocycles. The van der Waals surface area contributed by atoms with Gasteiger partial charge in [0.1, 0.15) is 12.4 Å². The van der Waals surface area contributed by atoms with Crippen molar-refractivity contribution in [1.29, 1.82) is 0 Å². The van der Waals surface area contributed by atoms with Crippen molar-refractivity contribution < 1.29 is 9.53 Å². The summed E-state index contributed by atoms with van der Waals surface area (Å²) in [6.45, 7) is 2.31. The summed E-state index contributed by atoms with van der Waals surface area (Å²) in [6, 6.07) is 17.1. The Kier molecular flexibility index (Phi) is 4.49. The Morgan fingerprint density at radius 2 is 2.00 bits per heavy atom. The van der Waals surface area contributed by atoms with Gasteiger partial charge in [-0.2, -0.15) is 5.10 Å². The summed E-state index contributed by atoms with van der Waals surface area (Å²) in [5.74, 6) is 0.553. The van der Waals surface area contributed by atoms with E-state index in [1.165, 1.54) is 11.3 Å². The highest BCUT2D eigenvalue weighted by Crippen LogP contribution is 2.43. The van der Waals surface area contributed by atoms with Gasteiger partial charge in [-0.25, -0.2) is 5.43 Å². The predicted octanol–water partition coefficient (Wildman–Crippen LogP) is 5.11. The van der Waals surface area contributed by atoms with E-state index in [1.807, 2.05) is 55.5 Å². The molecule has 0 saturated carbocycles. The van der Waals surface area contributed by atoms with Crippen LogP contribution >= 0.6 is 22.9 Å². The molecule has 1 N–H and O–H groups in total. The Labute approximate surface area is 160 Å². The zero-order chi connectivity index (χ0) is 18.1. The molecule has 0 unspecified atom stereocenters. The van der Waals surface area contributed by atoms with Crippen LogP contribution in [-0.2, 0) is 6.61 Å². The van der Waals surface area contributed by atoms with E-state index in [4.69, 9.17) is 16.3 Å². The lowest BCUT2D eigenvalue weighted by molar-refractivity contribution is 0.0959. The number of benzene rings is 2. The van der Waals surface area contributed by atoms with Crippen molar-refractivity contribution in [3.63, 3.8) is 0 Å². The molecule has 4 rings (SSSR count). The van der Waals surface area contributed by atoms with Crippen LogP contribution in [0.1, 0.15) is 27.7 Å². The van der Waals surface area contributed by atoms with Gasteiger partial charge in [0.05, 0.1) is 10.6 Å². The van der Waals surface area contributed by atoms with Crippen molar-refractivity contribution in [3.8, 4) is 16.2 Å². The number of nitrogens with one attached hydrogen (secondary N) is 1.